The molecule has 8 rings (SSSR count). The van der Waals surface area contributed by atoms with Crippen LogP contribution in [-0.4, -0.2) is 55.9 Å². The zero-order valence-electron chi connectivity index (χ0n) is 26.7. The first-order valence-electron chi connectivity index (χ1n) is 15.0. The molecular weight excluding hydrogens is 685 g/mol. The maximum atomic E-state index is 14.1. The van der Waals surface area contributed by atoms with Gasteiger partial charge in [-0.3, -0.25) is 18.8 Å². The molecule has 3 aromatic heterocycles. The minimum Gasteiger partial charge on any atom is -0.748 e. The van der Waals surface area contributed by atoms with Crippen LogP contribution in [0.5, 0.6) is 0 Å². The molecule has 0 fully saturated rings. The number of hydrogen-bond donors (Lipinski definition) is 1. The van der Waals surface area contributed by atoms with Crippen LogP contribution in [0.15, 0.2) is 65.5 Å². The van der Waals surface area contributed by atoms with Crippen molar-refractivity contribution in [3.63, 3.8) is 0 Å². The molecule has 7 aromatic rings. The third-order valence-corrected chi connectivity index (χ3v) is 9.58. The number of benzene rings is 4. The number of amides is 1. The van der Waals surface area contributed by atoms with Gasteiger partial charge in [0.05, 0.1) is 44.5 Å². The SMILES string of the molecule is CCCCC(=O)c1ccc2nc3c4ccc5c6c(ccc(c(=O)n3c2c1)c64)-c1nc2ccc(C(=O)NCCS(=O)(=O)[O-])cc2n1C5.[K+].[K+]. The molecule has 11 nitrogen and oxygen atoms in total. The van der Waals surface area contributed by atoms with Gasteiger partial charge >= 0.3 is 103 Å². The van der Waals surface area contributed by atoms with E-state index < -0.39 is 21.8 Å². The number of carbonyl (C=O) groups is 2. The van der Waals surface area contributed by atoms with Crippen molar-refractivity contribution in [3.05, 3.63) is 87.7 Å². The van der Waals surface area contributed by atoms with Crippen LogP contribution in [0.1, 0.15) is 52.5 Å². The Hall–Kier alpha value is -1.93. The number of nitrogens with one attached hydrogen (secondary N) is 1. The third-order valence-electron chi connectivity index (χ3n) is 8.87. The maximum absolute atomic E-state index is 14.1. The molecule has 0 radical (unpaired) electrons. The molecule has 1 aliphatic rings. The summed E-state index contributed by atoms with van der Waals surface area (Å²) in [5.41, 5.74) is 5.71. The van der Waals surface area contributed by atoms with Crippen LogP contribution in [-0.2, 0) is 16.7 Å². The minimum atomic E-state index is -4.44. The summed E-state index contributed by atoms with van der Waals surface area (Å²) in [6.45, 7) is 2.22. The summed E-state index contributed by atoms with van der Waals surface area (Å²) in [6.07, 6.45) is 2.19. The van der Waals surface area contributed by atoms with E-state index in [0.717, 1.165) is 45.6 Å². The number of pyridine rings is 1. The largest absolute Gasteiger partial charge is 1.00 e. The molecule has 4 heterocycles. The van der Waals surface area contributed by atoms with Crippen molar-refractivity contribution in [2.45, 2.75) is 32.7 Å². The summed E-state index contributed by atoms with van der Waals surface area (Å²) in [5.74, 6) is -0.434. The zero-order chi connectivity index (χ0) is 31.9. The van der Waals surface area contributed by atoms with Crippen LogP contribution in [0.3, 0.4) is 0 Å². The number of hydrogen-bond acceptors (Lipinski definition) is 8. The molecule has 0 saturated heterocycles. The van der Waals surface area contributed by atoms with Crippen molar-refractivity contribution in [2.75, 3.05) is 12.3 Å². The molecule has 0 saturated carbocycles. The van der Waals surface area contributed by atoms with Crippen LogP contribution in [0, 0.1) is 0 Å². The van der Waals surface area contributed by atoms with Gasteiger partial charge < -0.3 is 14.4 Å². The molecule has 4 aromatic carbocycles. The van der Waals surface area contributed by atoms with Crippen LogP contribution in [0.2, 0.25) is 0 Å². The van der Waals surface area contributed by atoms with Gasteiger partial charge in [0.2, 0.25) is 0 Å². The summed E-state index contributed by atoms with van der Waals surface area (Å²) in [5, 5.41) is 5.60. The standard InChI is InChI=1S/C34H27N5O6S.2K/c1-2-3-4-28(40)18-6-11-25-27(15-18)39-32(37-25)22-8-5-20-17-38-26-16-19(33(41)35-13-14-46(43,44)45)7-12-24(26)36-31(38)21-9-10-23(34(39)42)30(22)29(20)21;;/h5-12,15-16H,2-4,13-14,17H2,1H3,(H,35,41)(H,43,44,45);;/q;2*+1/p-1. The average Bonchev–Trinajstić information content (AvgIpc) is 3.61. The Labute approximate surface area is 359 Å². The zero-order valence-corrected chi connectivity index (χ0v) is 33.7. The second kappa shape index (κ2) is 13.7. The van der Waals surface area contributed by atoms with Gasteiger partial charge in [-0.1, -0.05) is 25.5 Å². The first-order valence-corrected chi connectivity index (χ1v) is 16.6. The molecule has 1 aliphatic heterocycles. The van der Waals surface area contributed by atoms with E-state index in [4.69, 9.17) is 9.97 Å². The molecular formula is C34H26K2N5O6S+. The van der Waals surface area contributed by atoms with E-state index in [0.29, 0.717) is 57.5 Å². The number of unbranched alkanes of at least 4 members (excludes halogenated alkanes) is 1. The molecule has 0 spiro atoms. The number of carbonyl (C=O) groups excluding carboxylic acids is 2. The van der Waals surface area contributed by atoms with E-state index in [1.54, 1.807) is 40.8 Å². The van der Waals surface area contributed by atoms with Crippen molar-refractivity contribution in [2.24, 2.45) is 0 Å². The summed E-state index contributed by atoms with van der Waals surface area (Å²) in [4.78, 5) is 49.4. The van der Waals surface area contributed by atoms with Gasteiger partial charge in [-0.15, -0.1) is 0 Å². The molecule has 230 valence electrons. The Balaban J connectivity index is 0.00000201. The Morgan fingerprint density at radius 3 is 2.35 bits per heavy atom. The quantitative estimate of drug-likeness (QED) is 0.115. The first kappa shape index (κ1) is 35.9. The van der Waals surface area contributed by atoms with Crippen molar-refractivity contribution in [3.8, 4) is 11.4 Å². The normalized spacial score (nSPS) is 12.4. The molecule has 0 unspecified atom stereocenters. The monoisotopic (exact) mass is 710 g/mol. The van der Waals surface area contributed by atoms with Gasteiger partial charge in [-0.2, -0.15) is 0 Å². The number of nitrogens with zero attached hydrogens (tertiary/aromatic N) is 4. The molecule has 0 atom stereocenters. The Morgan fingerprint density at radius 2 is 1.60 bits per heavy atom. The fourth-order valence-corrected chi connectivity index (χ4v) is 7.03. The number of ketones is 1. The van der Waals surface area contributed by atoms with Crippen LogP contribution >= 0.6 is 0 Å². The van der Waals surface area contributed by atoms with Gasteiger partial charge in [-0.25, -0.2) is 18.4 Å². The van der Waals surface area contributed by atoms with Crippen LogP contribution in [0.25, 0.3) is 60.6 Å². The van der Waals surface area contributed by atoms with Crippen molar-refractivity contribution in [1.82, 2.24) is 24.3 Å². The maximum Gasteiger partial charge on any atom is 1.00 e. The predicted molar refractivity (Wildman–Crippen MR) is 174 cm³/mol. The summed E-state index contributed by atoms with van der Waals surface area (Å²) in [7, 11) is -4.44. The van der Waals surface area contributed by atoms with Crippen molar-refractivity contribution < 1.29 is 125 Å². The average molecular weight is 711 g/mol. The third kappa shape index (κ3) is 5.97. The fourth-order valence-electron chi connectivity index (χ4n) is 6.68. The van der Waals surface area contributed by atoms with Gasteiger partial charge in [-0.05, 0) is 65.9 Å². The number of aromatic nitrogens is 4. The van der Waals surface area contributed by atoms with E-state index in [1.807, 2.05) is 35.8 Å². The van der Waals surface area contributed by atoms with E-state index in [9.17, 15) is 27.4 Å². The molecule has 48 heavy (non-hydrogen) atoms. The van der Waals surface area contributed by atoms with E-state index in [2.05, 4.69) is 5.32 Å². The van der Waals surface area contributed by atoms with Gasteiger partial charge in [0.25, 0.3) is 11.5 Å². The smallest absolute Gasteiger partial charge is 0.748 e. The Morgan fingerprint density at radius 1 is 0.896 bits per heavy atom. The second-order valence-electron chi connectivity index (χ2n) is 11.7. The molecule has 1 amide bonds. The first-order chi connectivity index (χ1) is 22.1. The number of rotatable bonds is 8. The Kier molecular flexibility index (Phi) is 10.2. The predicted octanol–water partition coefficient (Wildman–Crippen LogP) is -1.37. The molecule has 0 aliphatic carbocycles. The van der Waals surface area contributed by atoms with Crippen molar-refractivity contribution in [1.29, 1.82) is 0 Å². The number of fused-ring (bicyclic) bond motifs is 8. The van der Waals surface area contributed by atoms with Crippen LogP contribution < -0.4 is 114 Å². The molecule has 0 bridgehead atoms. The summed E-state index contributed by atoms with van der Waals surface area (Å²) >= 11 is 0. The topological polar surface area (TPSA) is 156 Å². The fraction of sp³-hybridized carbons (Fsp3) is 0.206. The summed E-state index contributed by atoms with van der Waals surface area (Å²) in [6, 6.07) is 18.1. The number of Topliss-reactive ketones (excluding diaryl/α,β-unsaturated/α-hetero) is 1. The van der Waals surface area contributed by atoms with E-state index in [-0.39, 0.29) is 121 Å². The second-order valence-corrected chi connectivity index (χ2v) is 13.3. The number of imidazole rings is 2. The van der Waals surface area contributed by atoms with Gasteiger partial charge in [0, 0.05) is 45.8 Å². The van der Waals surface area contributed by atoms with Crippen molar-refractivity contribution >= 4 is 71.1 Å². The minimum absolute atomic E-state index is 0. The van der Waals surface area contributed by atoms with E-state index >= 15 is 0 Å². The molecule has 1 N–H and O–H groups in total. The summed E-state index contributed by atoms with van der Waals surface area (Å²) < 4.78 is 36.4. The van der Waals surface area contributed by atoms with E-state index in [1.165, 1.54) is 0 Å². The Bertz CT molecular complexity index is 2630. The van der Waals surface area contributed by atoms with Gasteiger partial charge in [0.1, 0.15) is 11.5 Å². The molecule has 14 heteroatoms. The van der Waals surface area contributed by atoms with Crippen LogP contribution in [0.4, 0.5) is 0 Å². The van der Waals surface area contributed by atoms with Gasteiger partial charge in [0.15, 0.2) is 5.78 Å².